The summed E-state index contributed by atoms with van der Waals surface area (Å²) in [4.78, 5) is 0. The Hall–Kier alpha value is -0.130. The zero-order valence-electron chi connectivity index (χ0n) is 10.4. The average Bonchev–Trinajstić information content (AvgIpc) is 2.27. The maximum absolute atomic E-state index is 12.0. The van der Waals surface area contributed by atoms with Gasteiger partial charge in [0.15, 0.2) is 0 Å². The normalized spacial score (nSPS) is 23.5. The largest absolute Gasteiger partial charge is 0.319 e. The lowest BCUT2D eigenvalue weighted by Gasteiger charge is -2.31. The number of nitrogens with zero attached hydrogens (tertiary/aromatic N) is 1. The number of unbranched alkanes of at least 4 members (excludes halogenated alkanes) is 1. The molecule has 1 unspecified atom stereocenters. The van der Waals surface area contributed by atoms with Crippen LogP contribution in [0.25, 0.3) is 0 Å². The first-order valence-electron chi connectivity index (χ1n) is 6.22. The molecule has 0 amide bonds. The third kappa shape index (κ3) is 4.03. The van der Waals surface area contributed by atoms with E-state index in [-0.39, 0.29) is 0 Å². The Balaban J connectivity index is 2.52. The molecule has 16 heavy (non-hydrogen) atoms. The van der Waals surface area contributed by atoms with Gasteiger partial charge in [0.1, 0.15) is 0 Å². The van der Waals surface area contributed by atoms with Crippen molar-refractivity contribution in [3.63, 3.8) is 0 Å². The number of piperidine rings is 1. The summed E-state index contributed by atoms with van der Waals surface area (Å²) in [7, 11) is -1.07. The minimum absolute atomic E-state index is 0.315. The molecule has 1 atom stereocenters. The summed E-state index contributed by atoms with van der Waals surface area (Å²) < 4.78 is 25.7. The average molecular weight is 248 g/mol. The molecule has 1 fully saturated rings. The van der Waals surface area contributed by atoms with Crippen LogP contribution in [0.5, 0.6) is 0 Å². The highest BCUT2D eigenvalue weighted by Crippen LogP contribution is 2.19. The fourth-order valence-corrected chi connectivity index (χ4v) is 3.95. The number of hydrogen-bond acceptors (Lipinski definition) is 3. The lowest BCUT2D eigenvalue weighted by Crippen LogP contribution is -2.43. The predicted octanol–water partition coefficient (Wildman–Crippen LogP) is 1.05. The monoisotopic (exact) mass is 248 g/mol. The molecular weight excluding hydrogens is 224 g/mol. The summed E-state index contributed by atoms with van der Waals surface area (Å²) in [5.74, 6) is 0.797. The van der Waals surface area contributed by atoms with Crippen LogP contribution in [0.15, 0.2) is 0 Å². The van der Waals surface area contributed by atoms with Crippen LogP contribution < -0.4 is 5.32 Å². The van der Waals surface area contributed by atoms with E-state index in [4.69, 9.17) is 0 Å². The summed E-state index contributed by atoms with van der Waals surface area (Å²) >= 11 is 0. The first-order chi connectivity index (χ1) is 7.60. The standard InChI is InChI=1S/C11H24N2O2S/c1-3-4-8-16(14,15)13-7-5-6-11(10-13)9-12-2/h11-12H,3-10H2,1-2H3. The predicted molar refractivity (Wildman–Crippen MR) is 66.9 cm³/mol. The van der Waals surface area contributed by atoms with Crippen molar-refractivity contribution in [2.24, 2.45) is 5.92 Å². The van der Waals surface area contributed by atoms with Gasteiger partial charge in [0.25, 0.3) is 0 Å². The fraction of sp³-hybridized carbons (Fsp3) is 1.00. The molecule has 1 rings (SSSR count). The highest BCUT2D eigenvalue weighted by Gasteiger charge is 2.27. The molecule has 0 spiro atoms. The van der Waals surface area contributed by atoms with Gasteiger partial charge in [-0.25, -0.2) is 12.7 Å². The third-order valence-electron chi connectivity index (χ3n) is 3.12. The molecule has 0 aliphatic carbocycles. The molecule has 5 heteroatoms. The topological polar surface area (TPSA) is 49.4 Å². The lowest BCUT2D eigenvalue weighted by atomic mass is 10.00. The van der Waals surface area contributed by atoms with Crippen molar-refractivity contribution in [3.8, 4) is 0 Å². The molecule has 0 radical (unpaired) electrons. The van der Waals surface area contributed by atoms with Gasteiger partial charge in [-0.1, -0.05) is 13.3 Å². The minimum atomic E-state index is -2.99. The van der Waals surface area contributed by atoms with Crippen molar-refractivity contribution in [1.29, 1.82) is 0 Å². The van der Waals surface area contributed by atoms with Gasteiger partial charge in [-0.05, 0) is 38.8 Å². The third-order valence-corrected chi connectivity index (χ3v) is 5.05. The van der Waals surface area contributed by atoms with E-state index < -0.39 is 10.0 Å². The summed E-state index contributed by atoms with van der Waals surface area (Å²) in [5.41, 5.74) is 0. The molecule has 0 aromatic carbocycles. The van der Waals surface area contributed by atoms with Crippen LogP contribution >= 0.6 is 0 Å². The second-order valence-electron chi connectivity index (χ2n) is 4.59. The SMILES string of the molecule is CCCCS(=O)(=O)N1CCCC(CNC)C1. The van der Waals surface area contributed by atoms with E-state index >= 15 is 0 Å². The highest BCUT2D eigenvalue weighted by atomic mass is 32.2. The Morgan fingerprint density at radius 2 is 2.19 bits per heavy atom. The van der Waals surface area contributed by atoms with Gasteiger partial charge in [-0.15, -0.1) is 0 Å². The van der Waals surface area contributed by atoms with Gasteiger partial charge in [-0.3, -0.25) is 0 Å². The van der Waals surface area contributed by atoms with Crippen molar-refractivity contribution >= 4 is 10.0 Å². The number of rotatable bonds is 6. The zero-order chi connectivity index (χ0) is 12.0. The van der Waals surface area contributed by atoms with Gasteiger partial charge >= 0.3 is 0 Å². The van der Waals surface area contributed by atoms with E-state index in [1.807, 2.05) is 14.0 Å². The highest BCUT2D eigenvalue weighted by molar-refractivity contribution is 7.89. The smallest absolute Gasteiger partial charge is 0.214 e. The number of hydrogen-bond donors (Lipinski definition) is 1. The summed E-state index contributed by atoms with van der Waals surface area (Å²) in [6.07, 6.45) is 3.85. The molecule has 1 heterocycles. The maximum Gasteiger partial charge on any atom is 0.214 e. The Kier molecular flexibility index (Phi) is 5.72. The summed E-state index contributed by atoms with van der Waals surface area (Å²) in [5, 5.41) is 3.13. The number of sulfonamides is 1. The van der Waals surface area contributed by atoms with Gasteiger partial charge in [0.2, 0.25) is 10.0 Å². The molecule has 4 nitrogen and oxygen atoms in total. The second-order valence-corrected chi connectivity index (χ2v) is 6.68. The number of nitrogens with one attached hydrogen (secondary N) is 1. The maximum atomic E-state index is 12.0. The van der Waals surface area contributed by atoms with E-state index in [0.29, 0.717) is 24.8 Å². The molecule has 1 N–H and O–H groups in total. The quantitative estimate of drug-likeness (QED) is 0.764. The van der Waals surface area contributed by atoms with Crippen LogP contribution in [-0.4, -0.2) is 45.2 Å². The van der Waals surface area contributed by atoms with Gasteiger partial charge in [-0.2, -0.15) is 0 Å². The zero-order valence-corrected chi connectivity index (χ0v) is 11.2. The molecule has 0 aromatic rings. The van der Waals surface area contributed by atoms with Crippen molar-refractivity contribution in [3.05, 3.63) is 0 Å². The summed E-state index contributed by atoms with van der Waals surface area (Å²) in [6, 6.07) is 0. The summed E-state index contributed by atoms with van der Waals surface area (Å²) in [6.45, 7) is 4.36. The Bertz CT molecular complexity index is 288. The van der Waals surface area contributed by atoms with Crippen LogP contribution in [0.3, 0.4) is 0 Å². The van der Waals surface area contributed by atoms with Gasteiger partial charge in [0.05, 0.1) is 5.75 Å². The van der Waals surface area contributed by atoms with E-state index in [1.165, 1.54) is 0 Å². The van der Waals surface area contributed by atoms with Crippen LogP contribution in [0.4, 0.5) is 0 Å². The van der Waals surface area contributed by atoms with Crippen LogP contribution in [0.2, 0.25) is 0 Å². The first kappa shape index (κ1) is 13.9. The molecular formula is C11H24N2O2S. The van der Waals surface area contributed by atoms with Crippen LogP contribution in [0, 0.1) is 5.92 Å². The molecule has 0 aromatic heterocycles. The van der Waals surface area contributed by atoms with Crippen molar-refractivity contribution in [1.82, 2.24) is 9.62 Å². The fourth-order valence-electron chi connectivity index (χ4n) is 2.19. The molecule has 0 bridgehead atoms. The van der Waals surface area contributed by atoms with Crippen molar-refractivity contribution in [2.45, 2.75) is 32.6 Å². The van der Waals surface area contributed by atoms with Crippen molar-refractivity contribution in [2.75, 3.05) is 32.4 Å². The minimum Gasteiger partial charge on any atom is -0.319 e. The van der Waals surface area contributed by atoms with Gasteiger partial charge < -0.3 is 5.32 Å². The van der Waals surface area contributed by atoms with Gasteiger partial charge in [0, 0.05) is 13.1 Å². The first-order valence-corrected chi connectivity index (χ1v) is 7.83. The van der Waals surface area contributed by atoms with Crippen LogP contribution in [0.1, 0.15) is 32.6 Å². The molecule has 96 valence electrons. The lowest BCUT2D eigenvalue weighted by molar-refractivity contribution is 0.263. The second kappa shape index (κ2) is 6.57. The Morgan fingerprint density at radius 3 is 2.81 bits per heavy atom. The van der Waals surface area contributed by atoms with E-state index in [1.54, 1.807) is 4.31 Å². The van der Waals surface area contributed by atoms with E-state index in [9.17, 15) is 8.42 Å². The molecule has 1 aliphatic heterocycles. The Labute approximate surface area is 99.5 Å². The molecule has 1 saturated heterocycles. The van der Waals surface area contributed by atoms with E-state index in [0.717, 1.165) is 32.2 Å². The van der Waals surface area contributed by atoms with Crippen LogP contribution in [-0.2, 0) is 10.0 Å². The molecule has 0 saturated carbocycles. The van der Waals surface area contributed by atoms with E-state index in [2.05, 4.69) is 5.32 Å². The molecule has 1 aliphatic rings. The van der Waals surface area contributed by atoms with Crippen molar-refractivity contribution < 1.29 is 8.42 Å². The Morgan fingerprint density at radius 1 is 1.44 bits per heavy atom.